The van der Waals surface area contributed by atoms with Crippen LogP contribution in [0.1, 0.15) is 17.0 Å². The lowest BCUT2D eigenvalue weighted by molar-refractivity contribution is -0.142. The van der Waals surface area contributed by atoms with Crippen LogP contribution in [-0.2, 0) is 32.4 Å². The smallest absolute Gasteiger partial charge is 0.233 e. The van der Waals surface area contributed by atoms with Gasteiger partial charge in [0.15, 0.2) is 11.4 Å². The van der Waals surface area contributed by atoms with E-state index in [-0.39, 0.29) is 32.6 Å². The number of nitrogens with two attached hydrogens (primary N) is 2. The summed E-state index contributed by atoms with van der Waals surface area (Å²) in [7, 11) is -7.83. The summed E-state index contributed by atoms with van der Waals surface area (Å²) in [5.41, 5.74) is 0.476. The minimum absolute atomic E-state index is 0.145. The number of halogens is 8. The van der Waals surface area contributed by atoms with Crippen molar-refractivity contribution in [3.63, 3.8) is 0 Å². The van der Waals surface area contributed by atoms with Crippen LogP contribution in [0, 0.1) is 6.92 Å². The van der Waals surface area contributed by atoms with Crippen LogP contribution in [0.25, 0.3) is 33.9 Å². The van der Waals surface area contributed by atoms with Gasteiger partial charge in [-0.05, 0) is 114 Å². The van der Waals surface area contributed by atoms with Crippen molar-refractivity contribution in [1.82, 2.24) is 19.6 Å². The summed E-state index contributed by atoms with van der Waals surface area (Å²) in [6, 6.07) is 22.1. The highest BCUT2D eigenvalue weighted by atomic mass is 79.9. The first-order chi connectivity index (χ1) is 25.5. The van der Waals surface area contributed by atoms with Crippen molar-refractivity contribution in [2.75, 3.05) is 6.26 Å². The van der Waals surface area contributed by atoms with E-state index in [9.17, 15) is 43.2 Å². The van der Waals surface area contributed by atoms with Gasteiger partial charge in [-0.2, -0.15) is 36.5 Å². The lowest BCUT2D eigenvalue weighted by Gasteiger charge is -2.10. The van der Waals surface area contributed by atoms with Crippen molar-refractivity contribution >= 4 is 59.3 Å². The monoisotopic (exact) mass is 906 g/mol. The molecule has 0 radical (unpaired) electrons. The molecule has 0 atom stereocenters. The fraction of sp³-hybridized carbons (Fsp3) is 0.118. The van der Waals surface area contributed by atoms with Gasteiger partial charge in [0.2, 0.25) is 20.0 Å². The van der Waals surface area contributed by atoms with Crippen LogP contribution < -0.4 is 10.3 Å². The Kier molecular flexibility index (Phi) is 12.0. The van der Waals surface area contributed by atoms with E-state index in [1.165, 1.54) is 60.3 Å². The summed E-state index contributed by atoms with van der Waals surface area (Å²) in [5.74, 6) is 0. The first-order valence-electron chi connectivity index (χ1n) is 15.2. The van der Waals surface area contributed by atoms with E-state index < -0.39 is 43.8 Å². The molecule has 0 unspecified atom stereocenters. The maximum Gasteiger partial charge on any atom is 0.435 e. The Hall–Kier alpha value is -4.18. The number of nitrogens with zero attached hydrogens (tertiary/aromatic N) is 4. The summed E-state index contributed by atoms with van der Waals surface area (Å²) in [4.78, 5) is 0.630. The molecule has 6 rings (SSSR count). The second-order valence-electron chi connectivity index (χ2n) is 11.5. The van der Waals surface area contributed by atoms with E-state index in [0.29, 0.717) is 16.1 Å². The highest BCUT2D eigenvalue weighted by molar-refractivity contribution is 9.10. The normalized spacial score (nSPS) is 12.4. The maximum atomic E-state index is 13.2. The molecule has 0 aliphatic heterocycles. The number of thioether (sulfide) groups is 1. The second-order valence-corrected chi connectivity index (χ2v) is 16.8. The van der Waals surface area contributed by atoms with Gasteiger partial charge in [-0.25, -0.2) is 36.5 Å². The summed E-state index contributed by atoms with van der Waals surface area (Å²) in [6.45, 7) is 1.77. The van der Waals surface area contributed by atoms with Crippen LogP contribution in [-0.4, -0.2) is 42.7 Å². The molecule has 4 N–H and O–H groups in total. The predicted molar refractivity (Wildman–Crippen MR) is 200 cm³/mol. The van der Waals surface area contributed by atoms with Gasteiger partial charge in [-0.3, -0.25) is 0 Å². The molecule has 2 aromatic heterocycles. The number of benzene rings is 4. The minimum atomic E-state index is -4.64. The molecule has 0 amide bonds. The molecular formula is C34H26BrClF6N6O4S3. The molecule has 0 saturated heterocycles. The zero-order chi connectivity index (χ0) is 40.7. The number of primary sulfonamides is 2. The van der Waals surface area contributed by atoms with Crippen molar-refractivity contribution in [1.29, 1.82) is 0 Å². The first kappa shape index (κ1) is 42.0. The van der Waals surface area contributed by atoms with Crippen LogP contribution in [0.15, 0.2) is 116 Å². The zero-order valence-corrected chi connectivity index (χ0v) is 32.9. The highest BCUT2D eigenvalue weighted by Crippen LogP contribution is 2.37. The zero-order valence-electron chi connectivity index (χ0n) is 28.1. The van der Waals surface area contributed by atoms with Crippen molar-refractivity contribution < 1.29 is 43.2 Å². The van der Waals surface area contributed by atoms with Gasteiger partial charge in [-0.1, -0.05) is 29.8 Å². The van der Waals surface area contributed by atoms with Gasteiger partial charge in [0.05, 0.1) is 32.6 Å². The van der Waals surface area contributed by atoms with Gasteiger partial charge in [0.1, 0.15) is 0 Å². The summed E-state index contributed by atoms with van der Waals surface area (Å²) >= 11 is 11.0. The second kappa shape index (κ2) is 15.8. The molecule has 0 fully saturated rings. The summed E-state index contributed by atoms with van der Waals surface area (Å²) in [5, 5.41) is 17.8. The Morgan fingerprint density at radius 3 is 1.40 bits per heavy atom. The van der Waals surface area contributed by atoms with Crippen molar-refractivity contribution in [2.45, 2.75) is 34.0 Å². The maximum absolute atomic E-state index is 13.2. The van der Waals surface area contributed by atoms with E-state index in [0.717, 1.165) is 36.4 Å². The number of sulfonamides is 2. The summed E-state index contributed by atoms with van der Waals surface area (Å²) < 4.78 is 128. The molecule has 6 aromatic rings. The Balaban J connectivity index is 0.000000211. The van der Waals surface area contributed by atoms with Gasteiger partial charge >= 0.3 is 12.4 Å². The average Bonchev–Trinajstić information content (AvgIpc) is 3.76. The first-order valence-corrected chi connectivity index (χ1v) is 20.7. The molecule has 0 spiro atoms. The van der Waals surface area contributed by atoms with E-state index in [2.05, 4.69) is 26.1 Å². The van der Waals surface area contributed by atoms with E-state index in [1.54, 1.807) is 43.3 Å². The molecule has 0 bridgehead atoms. The van der Waals surface area contributed by atoms with E-state index in [4.69, 9.17) is 21.9 Å². The van der Waals surface area contributed by atoms with E-state index in [1.807, 2.05) is 6.26 Å². The topological polar surface area (TPSA) is 156 Å². The van der Waals surface area contributed by atoms with E-state index >= 15 is 0 Å². The Labute approximate surface area is 328 Å². The molecule has 10 nitrogen and oxygen atoms in total. The summed E-state index contributed by atoms with van der Waals surface area (Å²) in [6.07, 6.45) is -7.38. The van der Waals surface area contributed by atoms with Crippen LogP contribution in [0.5, 0.6) is 0 Å². The number of aryl methyl sites for hydroxylation is 1. The number of rotatable bonds is 7. The Morgan fingerprint density at radius 2 is 1.05 bits per heavy atom. The number of hydrogen-bond acceptors (Lipinski definition) is 7. The molecular weight excluding hydrogens is 882 g/mol. The van der Waals surface area contributed by atoms with Gasteiger partial charge < -0.3 is 0 Å². The third kappa shape index (κ3) is 9.80. The van der Waals surface area contributed by atoms with Crippen LogP contribution in [0.4, 0.5) is 26.3 Å². The highest BCUT2D eigenvalue weighted by Gasteiger charge is 2.36. The molecule has 55 heavy (non-hydrogen) atoms. The van der Waals surface area contributed by atoms with Gasteiger partial charge in [0.25, 0.3) is 0 Å². The molecule has 0 aliphatic carbocycles. The third-order valence-electron chi connectivity index (χ3n) is 7.73. The van der Waals surface area contributed by atoms with Gasteiger partial charge in [-0.15, -0.1) is 11.8 Å². The number of aromatic nitrogens is 4. The molecule has 0 aliphatic rings. The Morgan fingerprint density at radius 1 is 0.655 bits per heavy atom. The van der Waals surface area contributed by atoms with Gasteiger partial charge in [0, 0.05) is 25.5 Å². The largest absolute Gasteiger partial charge is 0.435 e. The number of alkyl halides is 6. The fourth-order valence-corrected chi connectivity index (χ4v) is 7.51. The Bertz CT molecular complexity index is 2600. The predicted octanol–water partition coefficient (Wildman–Crippen LogP) is 8.86. The molecule has 21 heteroatoms. The van der Waals surface area contributed by atoms with Crippen molar-refractivity contribution in [2.24, 2.45) is 10.3 Å². The number of hydrogen-bond donors (Lipinski definition) is 2. The van der Waals surface area contributed by atoms with Crippen molar-refractivity contribution in [3.05, 3.63) is 124 Å². The fourth-order valence-electron chi connectivity index (χ4n) is 4.98. The molecule has 4 aromatic carbocycles. The average molecular weight is 908 g/mol. The lowest BCUT2D eigenvalue weighted by Crippen LogP contribution is -2.12. The van der Waals surface area contributed by atoms with Crippen molar-refractivity contribution in [3.8, 4) is 33.9 Å². The van der Waals surface area contributed by atoms with Crippen LogP contribution in [0.2, 0.25) is 5.02 Å². The molecule has 290 valence electrons. The minimum Gasteiger partial charge on any atom is -0.233 e. The quantitative estimate of drug-likeness (QED) is 0.120. The standard InChI is InChI=1S/C17H13BrF3N3O2S2.C17H13ClF3N3O2S/c1-27-15-7-2-10(8-13(15)18)14-9-16(17(19,20)21)23-24(14)11-3-5-12(6-4-11)28(22,25)26;1-10-2-3-11(8-14(10)18)15-9-16(17(19,20)21)23-24(15)12-4-6-13(7-5-12)27(22,25)26/h2-9H,1H3,(H2,22,25,26);2-9H,1H3,(H2,22,25,26). The van der Waals surface area contributed by atoms with Crippen LogP contribution in [0.3, 0.4) is 0 Å². The third-order valence-corrected chi connectivity index (χ3v) is 11.7. The molecule has 2 heterocycles. The lowest BCUT2D eigenvalue weighted by atomic mass is 10.1. The van der Waals surface area contributed by atoms with Crippen LogP contribution >= 0.6 is 39.3 Å². The molecule has 0 saturated carbocycles. The SMILES string of the molecule is CSc1ccc(-c2cc(C(F)(F)F)nn2-c2ccc(S(N)(=O)=O)cc2)cc1Br.Cc1ccc(-c2cc(C(F)(F)F)nn2-c2ccc(S(N)(=O)=O)cc2)cc1Cl.